The van der Waals surface area contributed by atoms with E-state index in [0.717, 1.165) is 5.56 Å². The topological polar surface area (TPSA) is 37.3 Å². The highest BCUT2D eigenvalue weighted by molar-refractivity contribution is 5.81. The number of benzene rings is 1. The zero-order valence-electron chi connectivity index (χ0n) is 8.75. The summed E-state index contributed by atoms with van der Waals surface area (Å²) in [6, 6.07) is 6.20. The van der Waals surface area contributed by atoms with Gasteiger partial charge in [-0.2, -0.15) is 0 Å². The van der Waals surface area contributed by atoms with E-state index in [-0.39, 0.29) is 5.82 Å². The van der Waals surface area contributed by atoms with Gasteiger partial charge in [-0.3, -0.25) is 4.79 Å². The molecule has 0 amide bonds. The van der Waals surface area contributed by atoms with Gasteiger partial charge in [0, 0.05) is 5.41 Å². The monoisotopic (exact) mass is 208 g/mol. The normalized spacial score (nSPS) is 33.8. The molecular formula is C12H13FO2. The maximum Gasteiger partial charge on any atom is 0.310 e. The van der Waals surface area contributed by atoms with Gasteiger partial charge in [-0.1, -0.05) is 19.1 Å². The summed E-state index contributed by atoms with van der Waals surface area (Å²) in [4.78, 5) is 11.1. The molecule has 1 saturated carbocycles. The zero-order chi connectivity index (χ0) is 11.3. The molecule has 2 atom stereocenters. The second-order valence-corrected chi connectivity index (χ2v) is 4.66. The summed E-state index contributed by atoms with van der Waals surface area (Å²) >= 11 is 0. The minimum Gasteiger partial charge on any atom is -0.481 e. The summed E-state index contributed by atoms with van der Waals surface area (Å²) in [5.74, 6) is -1.12. The second kappa shape index (κ2) is 2.81. The van der Waals surface area contributed by atoms with E-state index in [1.54, 1.807) is 19.1 Å². The van der Waals surface area contributed by atoms with Crippen LogP contribution < -0.4 is 0 Å². The van der Waals surface area contributed by atoms with Crippen LogP contribution in [0, 0.1) is 11.2 Å². The number of rotatable bonds is 2. The fourth-order valence-corrected chi connectivity index (χ4v) is 2.23. The molecule has 15 heavy (non-hydrogen) atoms. The molecule has 1 N–H and O–H groups in total. The maximum absolute atomic E-state index is 13.0. The average Bonchev–Trinajstić information content (AvgIpc) is 2.73. The number of carboxylic acid groups (broad SMARTS) is 1. The minimum absolute atomic E-state index is 0.312. The van der Waals surface area contributed by atoms with Crippen LogP contribution in [0.15, 0.2) is 24.3 Å². The lowest BCUT2D eigenvalue weighted by Gasteiger charge is -2.15. The van der Waals surface area contributed by atoms with Gasteiger partial charge in [-0.25, -0.2) is 4.39 Å². The van der Waals surface area contributed by atoms with Crippen molar-refractivity contribution in [3.63, 3.8) is 0 Å². The van der Waals surface area contributed by atoms with Crippen molar-refractivity contribution in [1.82, 2.24) is 0 Å². The first-order chi connectivity index (χ1) is 6.90. The van der Waals surface area contributed by atoms with Gasteiger partial charge in [0.1, 0.15) is 5.82 Å². The zero-order valence-corrected chi connectivity index (χ0v) is 8.75. The Morgan fingerprint density at radius 1 is 1.47 bits per heavy atom. The molecule has 0 spiro atoms. The SMILES string of the molecule is CC1(C(=O)O)CC1(C)c1cccc(F)c1. The molecule has 0 heterocycles. The molecule has 2 rings (SSSR count). The molecule has 1 aromatic rings. The van der Waals surface area contributed by atoms with Gasteiger partial charge < -0.3 is 5.11 Å². The van der Waals surface area contributed by atoms with E-state index in [1.807, 2.05) is 6.92 Å². The van der Waals surface area contributed by atoms with Crippen LogP contribution in [0.5, 0.6) is 0 Å². The molecule has 0 bridgehead atoms. The summed E-state index contributed by atoms with van der Waals surface area (Å²) in [6.07, 6.45) is 0.568. The lowest BCUT2D eigenvalue weighted by Crippen LogP contribution is -2.21. The highest BCUT2D eigenvalue weighted by Crippen LogP contribution is 2.64. The first-order valence-electron chi connectivity index (χ1n) is 4.90. The smallest absolute Gasteiger partial charge is 0.310 e. The minimum atomic E-state index is -0.811. The average molecular weight is 208 g/mol. The first kappa shape index (κ1) is 10.1. The van der Waals surface area contributed by atoms with E-state index < -0.39 is 16.8 Å². The molecule has 1 fully saturated rings. The molecule has 80 valence electrons. The number of hydrogen-bond donors (Lipinski definition) is 1. The predicted octanol–water partition coefficient (Wildman–Crippen LogP) is 2.58. The Hall–Kier alpha value is -1.38. The van der Waals surface area contributed by atoms with Crippen molar-refractivity contribution in [1.29, 1.82) is 0 Å². The molecule has 0 radical (unpaired) electrons. The van der Waals surface area contributed by atoms with Crippen LogP contribution in [0.25, 0.3) is 0 Å². The standard InChI is InChI=1S/C12H13FO2/c1-11(7-12(11,2)10(14)15)8-4-3-5-9(13)6-8/h3-6H,7H2,1-2H3,(H,14,15). The number of hydrogen-bond acceptors (Lipinski definition) is 1. The number of carboxylic acids is 1. The number of halogens is 1. The predicted molar refractivity (Wildman–Crippen MR) is 54.1 cm³/mol. The third-order valence-electron chi connectivity index (χ3n) is 3.73. The van der Waals surface area contributed by atoms with Gasteiger partial charge in [0.05, 0.1) is 5.41 Å². The van der Waals surface area contributed by atoms with Crippen LogP contribution in [0.2, 0.25) is 0 Å². The van der Waals surface area contributed by atoms with E-state index >= 15 is 0 Å². The molecule has 1 aliphatic carbocycles. The van der Waals surface area contributed by atoms with Gasteiger partial charge in [0.15, 0.2) is 0 Å². The highest BCUT2D eigenvalue weighted by atomic mass is 19.1. The lowest BCUT2D eigenvalue weighted by atomic mass is 9.89. The molecule has 1 aliphatic rings. The van der Waals surface area contributed by atoms with Crippen molar-refractivity contribution in [2.24, 2.45) is 5.41 Å². The van der Waals surface area contributed by atoms with Gasteiger partial charge in [0.2, 0.25) is 0 Å². The fourth-order valence-electron chi connectivity index (χ4n) is 2.23. The summed E-state index contributed by atoms with van der Waals surface area (Å²) in [5.41, 5.74) is -0.408. The second-order valence-electron chi connectivity index (χ2n) is 4.66. The van der Waals surface area contributed by atoms with Gasteiger partial charge in [0.25, 0.3) is 0 Å². The van der Waals surface area contributed by atoms with Crippen LogP contribution >= 0.6 is 0 Å². The molecule has 1 aromatic carbocycles. The largest absolute Gasteiger partial charge is 0.481 e. The molecule has 0 aromatic heterocycles. The Balaban J connectivity index is 2.39. The third-order valence-corrected chi connectivity index (χ3v) is 3.73. The van der Waals surface area contributed by atoms with Crippen LogP contribution in [0.4, 0.5) is 4.39 Å². The van der Waals surface area contributed by atoms with E-state index in [4.69, 9.17) is 5.11 Å². The van der Waals surface area contributed by atoms with Crippen LogP contribution in [-0.4, -0.2) is 11.1 Å². The van der Waals surface area contributed by atoms with E-state index in [1.165, 1.54) is 12.1 Å². The highest BCUT2D eigenvalue weighted by Gasteiger charge is 2.67. The van der Waals surface area contributed by atoms with Crippen LogP contribution in [0.3, 0.4) is 0 Å². The summed E-state index contributed by atoms with van der Waals surface area (Å²) in [6.45, 7) is 3.58. The molecular weight excluding hydrogens is 195 g/mol. The van der Waals surface area contributed by atoms with Crippen molar-refractivity contribution in [2.75, 3.05) is 0 Å². The molecule has 0 aliphatic heterocycles. The van der Waals surface area contributed by atoms with Gasteiger partial charge in [-0.15, -0.1) is 0 Å². The van der Waals surface area contributed by atoms with E-state index in [9.17, 15) is 9.18 Å². The molecule has 2 nitrogen and oxygen atoms in total. The van der Waals surface area contributed by atoms with Crippen LogP contribution in [0.1, 0.15) is 25.8 Å². The Bertz CT molecular complexity index is 429. The van der Waals surface area contributed by atoms with Crippen molar-refractivity contribution in [3.05, 3.63) is 35.6 Å². The van der Waals surface area contributed by atoms with Crippen molar-refractivity contribution in [2.45, 2.75) is 25.7 Å². The van der Waals surface area contributed by atoms with Gasteiger partial charge in [-0.05, 0) is 31.0 Å². The fraction of sp³-hybridized carbons (Fsp3) is 0.417. The summed E-state index contributed by atoms with van der Waals surface area (Å²) < 4.78 is 13.0. The van der Waals surface area contributed by atoms with E-state index in [2.05, 4.69) is 0 Å². The van der Waals surface area contributed by atoms with Crippen LogP contribution in [-0.2, 0) is 10.2 Å². The Labute approximate surface area is 87.7 Å². The molecule has 3 heteroatoms. The lowest BCUT2D eigenvalue weighted by molar-refractivity contribution is -0.143. The Morgan fingerprint density at radius 3 is 2.60 bits per heavy atom. The maximum atomic E-state index is 13.0. The molecule has 2 unspecified atom stereocenters. The number of carbonyl (C=O) groups is 1. The Kier molecular flexibility index (Phi) is 1.90. The van der Waals surface area contributed by atoms with Crippen molar-refractivity contribution in [3.8, 4) is 0 Å². The summed E-state index contributed by atoms with van der Waals surface area (Å²) in [5, 5.41) is 9.08. The van der Waals surface area contributed by atoms with Gasteiger partial charge >= 0.3 is 5.97 Å². The third kappa shape index (κ3) is 1.26. The van der Waals surface area contributed by atoms with Crippen molar-refractivity contribution < 1.29 is 14.3 Å². The number of aliphatic carboxylic acids is 1. The summed E-state index contributed by atoms with van der Waals surface area (Å²) in [7, 11) is 0. The quantitative estimate of drug-likeness (QED) is 0.811. The Morgan fingerprint density at radius 2 is 2.13 bits per heavy atom. The molecule has 0 saturated heterocycles. The van der Waals surface area contributed by atoms with Crippen molar-refractivity contribution >= 4 is 5.97 Å². The first-order valence-corrected chi connectivity index (χ1v) is 4.90. The van der Waals surface area contributed by atoms with E-state index in [0.29, 0.717) is 6.42 Å².